The van der Waals surface area contributed by atoms with Gasteiger partial charge in [-0.05, 0) is 30.0 Å². The summed E-state index contributed by atoms with van der Waals surface area (Å²) in [7, 11) is -3.93. The molecule has 0 saturated heterocycles. The quantitative estimate of drug-likeness (QED) is 0.548. The molecule has 4 N–H and O–H groups in total. The van der Waals surface area contributed by atoms with E-state index in [0.29, 0.717) is 5.92 Å². The molecule has 0 amide bonds. The largest absolute Gasteiger partial charge is 0.394 e. The van der Waals surface area contributed by atoms with Gasteiger partial charge >= 0.3 is 0 Å². The fourth-order valence-corrected chi connectivity index (χ4v) is 3.18. The minimum atomic E-state index is -3.93. The van der Waals surface area contributed by atoms with Gasteiger partial charge in [-0.2, -0.15) is 4.72 Å². The smallest absolute Gasteiger partial charge is 0.241 e. The van der Waals surface area contributed by atoms with Gasteiger partial charge in [0.05, 0.1) is 24.7 Å². The average Bonchev–Trinajstić information content (AvgIpc) is 2.52. The number of benzene rings is 1. The number of aliphatic hydroxyl groups excluding tert-OH is 3. The Labute approximate surface area is 125 Å². The first-order chi connectivity index (χ1) is 9.84. The molecule has 0 fully saturated rings. The summed E-state index contributed by atoms with van der Waals surface area (Å²) in [4.78, 5) is 0.0225. The molecule has 0 heterocycles. The van der Waals surface area contributed by atoms with E-state index in [2.05, 4.69) is 18.6 Å². The van der Waals surface area contributed by atoms with Gasteiger partial charge in [-0.15, -0.1) is 0 Å². The van der Waals surface area contributed by atoms with E-state index in [9.17, 15) is 23.7 Å². The summed E-state index contributed by atoms with van der Waals surface area (Å²) < 4.78 is 26.6. The lowest BCUT2D eigenvalue weighted by Gasteiger charge is -2.28. The highest BCUT2D eigenvalue weighted by molar-refractivity contribution is 7.89. The first kappa shape index (κ1) is 18.1. The van der Waals surface area contributed by atoms with Crippen LogP contribution >= 0.6 is 0 Å². The topological polar surface area (TPSA) is 107 Å². The van der Waals surface area contributed by atoms with Crippen LogP contribution in [0.2, 0.25) is 0 Å². The summed E-state index contributed by atoms with van der Waals surface area (Å²) in [6, 6.07) is 6.42. The van der Waals surface area contributed by atoms with Crippen molar-refractivity contribution in [2.24, 2.45) is 0 Å². The van der Waals surface area contributed by atoms with Gasteiger partial charge in [0.15, 0.2) is 0 Å². The molecule has 0 aliphatic heterocycles. The van der Waals surface area contributed by atoms with Crippen LogP contribution in [0.25, 0.3) is 0 Å². The van der Waals surface area contributed by atoms with Crippen molar-refractivity contribution in [1.29, 1.82) is 0 Å². The van der Waals surface area contributed by atoms with Crippen LogP contribution in [0.3, 0.4) is 0 Å². The molecule has 120 valence electrons. The van der Waals surface area contributed by atoms with Crippen LogP contribution in [0.1, 0.15) is 31.7 Å². The van der Waals surface area contributed by atoms with Crippen molar-refractivity contribution in [3.8, 4) is 0 Å². The Morgan fingerprint density at radius 3 is 1.95 bits per heavy atom. The molecule has 6 nitrogen and oxygen atoms in total. The Kier molecular flexibility index (Phi) is 6.30. The van der Waals surface area contributed by atoms with Crippen molar-refractivity contribution in [3.05, 3.63) is 29.8 Å². The lowest BCUT2D eigenvalue weighted by Crippen LogP contribution is -2.56. The molecule has 0 aliphatic rings. The molecule has 1 aromatic carbocycles. The van der Waals surface area contributed by atoms with Crippen LogP contribution in [-0.2, 0) is 10.0 Å². The van der Waals surface area contributed by atoms with Gasteiger partial charge in [0.25, 0.3) is 0 Å². The molecule has 1 unspecified atom stereocenters. The second-order valence-corrected chi connectivity index (χ2v) is 6.92. The second kappa shape index (κ2) is 7.33. The number of aliphatic hydroxyl groups is 3. The molecule has 0 bridgehead atoms. The molecule has 21 heavy (non-hydrogen) atoms. The lowest BCUT2D eigenvalue weighted by molar-refractivity contribution is 0.0582. The maximum Gasteiger partial charge on any atom is 0.241 e. The van der Waals surface area contributed by atoms with Crippen LogP contribution in [0.15, 0.2) is 29.2 Å². The molecule has 1 atom stereocenters. The fourth-order valence-electron chi connectivity index (χ4n) is 1.80. The zero-order chi connectivity index (χ0) is 16.1. The zero-order valence-electron chi connectivity index (χ0n) is 12.3. The van der Waals surface area contributed by atoms with Crippen molar-refractivity contribution in [2.45, 2.75) is 36.6 Å². The van der Waals surface area contributed by atoms with Gasteiger partial charge in [-0.1, -0.05) is 26.0 Å². The third kappa shape index (κ3) is 4.24. The SMILES string of the molecule is CCC(C)c1ccc(S(=O)(=O)NC(CO)(CO)CO)cc1. The van der Waals surface area contributed by atoms with E-state index < -0.39 is 35.4 Å². The van der Waals surface area contributed by atoms with Crippen molar-refractivity contribution < 1.29 is 23.7 Å². The molecule has 1 rings (SSSR count). The predicted molar refractivity (Wildman–Crippen MR) is 79.5 cm³/mol. The molecular weight excluding hydrogens is 294 g/mol. The van der Waals surface area contributed by atoms with Crippen LogP contribution < -0.4 is 4.72 Å². The van der Waals surface area contributed by atoms with Gasteiger partial charge in [0, 0.05) is 0 Å². The van der Waals surface area contributed by atoms with E-state index in [0.717, 1.165) is 12.0 Å². The number of hydrogen-bond donors (Lipinski definition) is 4. The normalized spacial score (nSPS) is 14.1. The monoisotopic (exact) mass is 317 g/mol. The van der Waals surface area contributed by atoms with E-state index in [1.54, 1.807) is 12.1 Å². The Morgan fingerprint density at radius 1 is 1.10 bits per heavy atom. The molecule has 0 aromatic heterocycles. The molecule has 0 aliphatic carbocycles. The third-order valence-electron chi connectivity index (χ3n) is 3.63. The first-order valence-electron chi connectivity index (χ1n) is 6.80. The first-order valence-corrected chi connectivity index (χ1v) is 8.29. The van der Waals surface area contributed by atoms with Gasteiger partial charge in [-0.3, -0.25) is 0 Å². The Morgan fingerprint density at radius 2 is 1.57 bits per heavy atom. The summed E-state index contributed by atoms with van der Waals surface area (Å²) in [5, 5.41) is 27.6. The summed E-state index contributed by atoms with van der Waals surface area (Å²) in [6.45, 7) is 1.99. The van der Waals surface area contributed by atoms with E-state index >= 15 is 0 Å². The average molecular weight is 317 g/mol. The standard InChI is InChI=1S/C14H23NO5S/c1-3-11(2)12-4-6-13(7-5-12)21(19,20)15-14(8-16,9-17)10-18/h4-7,11,15-18H,3,8-10H2,1-2H3. The molecular formula is C14H23NO5S. The Balaban J connectivity index is 3.03. The molecule has 7 heteroatoms. The third-order valence-corrected chi connectivity index (χ3v) is 5.23. The van der Waals surface area contributed by atoms with E-state index in [1.807, 2.05) is 0 Å². The van der Waals surface area contributed by atoms with E-state index in [-0.39, 0.29) is 4.90 Å². The summed E-state index contributed by atoms with van der Waals surface area (Å²) in [6.07, 6.45) is 0.951. The van der Waals surface area contributed by atoms with Gasteiger partial charge in [0.2, 0.25) is 10.0 Å². The summed E-state index contributed by atoms with van der Waals surface area (Å²) in [5.74, 6) is 0.334. The fraction of sp³-hybridized carbons (Fsp3) is 0.571. The second-order valence-electron chi connectivity index (χ2n) is 5.24. The minimum Gasteiger partial charge on any atom is -0.394 e. The van der Waals surface area contributed by atoms with Crippen LogP contribution in [0.4, 0.5) is 0 Å². The van der Waals surface area contributed by atoms with Crippen LogP contribution in [0, 0.1) is 0 Å². The molecule has 0 radical (unpaired) electrons. The van der Waals surface area contributed by atoms with Gasteiger partial charge < -0.3 is 15.3 Å². The van der Waals surface area contributed by atoms with Gasteiger partial charge in [0.1, 0.15) is 5.54 Å². The van der Waals surface area contributed by atoms with Crippen molar-refractivity contribution >= 4 is 10.0 Å². The predicted octanol–water partition coefficient (Wildman–Crippen LogP) is 0.194. The van der Waals surface area contributed by atoms with Crippen LogP contribution in [-0.4, -0.2) is 49.1 Å². The highest BCUT2D eigenvalue weighted by atomic mass is 32.2. The van der Waals surface area contributed by atoms with Gasteiger partial charge in [-0.25, -0.2) is 8.42 Å². The highest BCUT2D eigenvalue weighted by Crippen LogP contribution is 2.21. The number of rotatable bonds is 8. The molecule has 0 spiro atoms. The lowest BCUT2D eigenvalue weighted by atomic mass is 9.99. The maximum atomic E-state index is 12.2. The number of sulfonamides is 1. The minimum absolute atomic E-state index is 0.0225. The maximum absolute atomic E-state index is 12.2. The zero-order valence-corrected chi connectivity index (χ0v) is 13.1. The van der Waals surface area contributed by atoms with Crippen molar-refractivity contribution in [1.82, 2.24) is 4.72 Å². The highest BCUT2D eigenvalue weighted by Gasteiger charge is 2.33. The number of nitrogens with one attached hydrogen (secondary N) is 1. The summed E-state index contributed by atoms with van der Waals surface area (Å²) >= 11 is 0. The van der Waals surface area contributed by atoms with Crippen molar-refractivity contribution in [2.75, 3.05) is 19.8 Å². The Hall–Kier alpha value is -0.990. The molecule has 1 aromatic rings. The number of hydrogen-bond acceptors (Lipinski definition) is 5. The Bertz CT molecular complexity index is 529. The molecule has 0 saturated carbocycles. The van der Waals surface area contributed by atoms with Crippen LogP contribution in [0.5, 0.6) is 0 Å². The van der Waals surface area contributed by atoms with Crippen molar-refractivity contribution in [3.63, 3.8) is 0 Å². The van der Waals surface area contributed by atoms with E-state index in [4.69, 9.17) is 0 Å². The summed E-state index contributed by atoms with van der Waals surface area (Å²) in [5.41, 5.74) is -0.636. The van der Waals surface area contributed by atoms with E-state index in [1.165, 1.54) is 12.1 Å².